The average molecular weight is 217 g/mol. The first-order chi connectivity index (χ1) is 6.90. The van der Waals surface area contributed by atoms with Gasteiger partial charge in [-0.1, -0.05) is 6.92 Å². The Morgan fingerprint density at radius 2 is 1.93 bits per heavy atom. The lowest BCUT2D eigenvalue weighted by molar-refractivity contribution is -0.141. The van der Waals surface area contributed by atoms with Crippen molar-refractivity contribution in [3.8, 4) is 0 Å². The van der Waals surface area contributed by atoms with Gasteiger partial charge >= 0.3 is 0 Å². The van der Waals surface area contributed by atoms with Gasteiger partial charge in [0.05, 0.1) is 12.2 Å². The molecule has 15 heavy (non-hydrogen) atoms. The van der Waals surface area contributed by atoms with Crippen LogP contribution in [0.15, 0.2) is 0 Å². The molecule has 0 aliphatic carbocycles. The molecule has 4 nitrogen and oxygen atoms in total. The molecule has 0 spiro atoms. The van der Waals surface area contributed by atoms with Crippen molar-refractivity contribution >= 4 is 5.91 Å². The van der Waals surface area contributed by atoms with Gasteiger partial charge in [-0.15, -0.1) is 0 Å². The first-order valence-corrected chi connectivity index (χ1v) is 5.43. The van der Waals surface area contributed by atoms with Gasteiger partial charge in [0.1, 0.15) is 6.61 Å². The molecule has 0 rings (SSSR count). The lowest BCUT2D eigenvalue weighted by Gasteiger charge is -2.24. The average Bonchev–Trinajstić information content (AvgIpc) is 2.13. The van der Waals surface area contributed by atoms with Crippen molar-refractivity contribution in [3.05, 3.63) is 0 Å². The molecule has 4 heteroatoms. The summed E-state index contributed by atoms with van der Waals surface area (Å²) in [5.41, 5.74) is -0.299. The number of aliphatic hydroxyl groups excluding tert-OH is 1. The van der Waals surface area contributed by atoms with E-state index in [1.54, 1.807) is 4.90 Å². The van der Waals surface area contributed by atoms with Crippen LogP contribution in [-0.2, 0) is 9.53 Å². The van der Waals surface area contributed by atoms with Crippen molar-refractivity contribution in [2.75, 3.05) is 26.3 Å². The second-order valence-electron chi connectivity index (χ2n) is 4.51. The van der Waals surface area contributed by atoms with Gasteiger partial charge in [-0.25, -0.2) is 0 Å². The molecule has 0 saturated heterocycles. The quantitative estimate of drug-likeness (QED) is 0.723. The Morgan fingerprint density at radius 3 is 2.33 bits per heavy atom. The fourth-order valence-electron chi connectivity index (χ4n) is 1.12. The van der Waals surface area contributed by atoms with Crippen molar-refractivity contribution in [1.82, 2.24) is 4.90 Å². The van der Waals surface area contributed by atoms with E-state index >= 15 is 0 Å². The number of ether oxygens (including phenoxy) is 1. The number of aliphatic hydroxyl groups is 1. The number of carbonyl (C=O) groups is 1. The summed E-state index contributed by atoms with van der Waals surface area (Å²) in [6.45, 7) is 8.89. The molecule has 0 aromatic heterocycles. The Labute approximate surface area is 92.2 Å². The van der Waals surface area contributed by atoms with Crippen molar-refractivity contribution in [1.29, 1.82) is 0 Å². The highest BCUT2D eigenvalue weighted by Gasteiger charge is 2.16. The van der Waals surface area contributed by atoms with E-state index in [0.717, 1.165) is 6.42 Å². The number of carbonyl (C=O) groups excluding carboxylic acids is 1. The summed E-state index contributed by atoms with van der Waals surface area (Å²) in [6.07, 6.45) is 0.890. The molecule has 0 fully saturated rings. The fraction of sp³-hybridized carbons (Fsp3) is 0.909. The van der Waals surface area contributed by atoms with E-state index in [2.05, 4.69) is 0 Å². The molecule has 0 aliphatic heterocycles. The Hall–Kier alpha value is -0.610. The summed E-state index contributed by atoms with van der Waals surface area (Å²) in [4.78, 5) is 13.3. The highest BCUT2D eigenvalue weighted by atomic mass is 16.5. The molecule has 0 aliphatic rings. The van der Waals surface area contributed by atoms with E-state index in [9.17, 15) is 4.79 Å². The van der Waals surface area contributed by atoms with Crippen LogP contribution in [0.3, 0.4) is 0 Å². The maximum Gasteiger partial charge on any atom is 0.248 e. The standard InChI is InChI=1S/C11H23NO3/c1-5-6-12(7-8-13)10(14)9-15-11(2,3)4/h13H,5-9H2,1-4H3. The van der Waals surface area contributed by atoms with Gasteiger partial charge in [0.2, 0.25) is 5.91 Å². The summed E-state index contributed by atoms with van der Waals surface area (Å²) in [5.74, 6) is -0.0548. The van der Waals surface area contributed by atoms with Crippen LogP contribution < -0.4 is 0 Å². The maximum absolute atomic E-state index is 11.7. The molecule has 0 aromatic rings. The summed E-state index contributed by atoms with van der Waals surface area (Å²) in [7, 11) is 0. The molecule has 0 bridgehead atoms. The van der Waals surface area contributed by atoms with Gasteiger partial charge in [-0.05, 0) is 27.2 Å². The van der Waals surface area contributed by atoms with Gasteiger partial charge < -0.3 is 14.7 Å². The highest BCUT2D eigenvalue weighted by Crippen LogP contribution is 2.06. The molecule has 0 atom stereocenters. The lowest BCUT2D eigenvalue weighted by atomic mass is 10.2. The largest absolute Gasteiger partial charge is 0.395 e. The van der Waals surface area contributed by atoms with E-state index in [1.807, 2.05) is 27.7 Å². The van der Waals surface area contributed by atoms with E-state index in [-0.39, 0.29) is 24.7 Å². The normalized spacial score (nSPS) is 11.5. The summed E-state index contributed by atoms with van der Waals surface area (Å²) < 4.78 is 5.39. The number of hydrogen-bond donors (Lipinski definition) is 1. The van der Waals surface area contributed by atoms with E-state index < -0.39 is 0 Å². The minimum Gasteiger partial charge on any atom is -0.395 e. The van der Waals surface area contributed by atoms with Crippen LogP contribution in [0.5, 0.6) is 0 Å². The SMILES string of the molecule is CCCN(CCO)C(=O)COC(C)(C)C. The number of nitrogens with zero attached hydrogens (tertiary/aromatic N) is 1. The lowest BCUT2D eigenvalue weighted by Crippen LogP contribution is -2.38. The van der Waals surface area contributed by atoms with Crippen LogP contribution in [0.1, 0.15) is 34.1 Å². The monoisotopic (exact) mass is 217 g/mol. The third-order valence-electron chi connectivity index (χ3n) is 1.84. The highest BCUT2D eigenvalue weighted by molar-refractivity contribution is 5.77. The Morgan fingerprint density at radius 1 is 1.33 bits per heavy atom. The zero-order valence-electron chi connectivity index (χ0n) is 10.2. The predicted molar refractivity (Wildman–Crippen MR) is 59.7 cm³/mol. The molecular formula is C11H23NO3. The molecule has 1 N–H and O–H groups in total. The molecule has 0 heterocycles. The molecule has 0 radical (unpaired) electrons. The molecular weight excluding hydrogens is 194 g/mol. The first kappa shape index (κ1) is 14.4. The van der Waals surface area contributed by atoms with Crippen LogP contribution in [0.25, 0.3) is 0 Å². The third kappa shape index (κ3) is 7.33. The number of amides is 1. The van der Waals surface area contributed by atoms with Gasteiger partial charge in [0.25, 0.3) is 0 Å². The first-order valence-electron chi connectivity index (χ1n) is 5.43. The van der Waals surface area contributed by atoms with Crippen LogP contribution >= 0.6 is 0 Å². The second kappa shape index (κ2) is 6.80. The van der Waals surface area contributed by atoms with E-state index in [0.29, 0.717) is 13.1 Å². The predicted octanol–water partition coefficient (Wildman–Crippen LogP) is 1.03. The minimum absolute atomic E-state index is 0.00125. The summed E-state index contributed by atoms with van der Waals surface area (Å²) >= 11 is 0. The zero-order chi connectivity index (χ0) is 11.9. The van der Waals surface area contributed by atoms with Crippen LogP contribution in [0.4, 0.5) is 0 Å². The molecule has 0 unspecified atom stereocenters. The van der Waals surface area contributed by atoms with Crippen molar-refractivity contribution < 1.29 is 14.6 Å². The van der Waals surface area contributed by atoms with Gasteiger partial charge in [0.15, 0.2) is 0 Å². The zero-order valence-corrected chi connectivity index (χ0v) is 10.2. The molecule has 90 valence electrons. The molecule has 1 amide bonds. The Bertz CT molecular complexity index is 181. The van der Waals surface area contributed by atoms with Crippen molar-refractivity contribution in [2.24, 2.45) is 0 Å². The van der Waals surface area contributed by atoms with Gasteiger partial charge in [0, 0.05) is 13.1 Å². The van der Waals surface area contributed by atoms with E-state index in [1.165, 1.54) is 0 Å². The Kier molecular flexibility index (Phi) is 6.52. The molecule has 0 aromatic carbocycles. The van der Waals surface area contributed by atoms with Gasteiger partial charge in [-0.3, -0.25) is 4.79 Å². The van der Waals surface area contributed by atoms with Crippen LogP contribution in [0.2, 0.25) is 0 Å². The van der Waals surface area contributed by atoms with Crippen molar-refractivity contribution in [2.45, 2.75) is 39.7 Å². The second-order valence-corrected chi connectivity index (χ2v) is 4.51. The van der Waals surface area contributed by atoms with Crippen molar-refractivity contribution in [3.63, 3.8) is 0 Å². The van der Waals surface area contributed by atoms with Crippen LogP contribution in [-0.4, -0.2) is 47.8 Å². The van der Waals surface area contributed by atoms with Crippen LogP contribution in [0, 0.1) is 0 Å². The fourth-order valence-corrected chi connectivity index (χ4v) is 1.12. The number of hydrogen-bond acceptors (Lipinski definition) is 3. The number of rotatable bonds is 6. The van der Waals surface area contributed by atoms with E-state index in [4.69, 9.17) is 9.84 Å². The minimum atomic E-state index is -0.299. The topological polar surface area (TPSA) is 49.8 Å². The van der Waals surface area contributed by atoms with Gasteiger partial charge in [-0.2, -0.15) is 0 Å². The summed E-state index contributed by atoms with van der Waals surface area (Å²) in [5, 5.41) is 8.81. The third-order valence-corrected chi connectivity index (χ3v) is 1.84. The Balaban J connectivity index is 4.02. The smallest absolute Gasteiger partial charge is 0.248 e. The maximum atomic E-state index is 11.7. The molecule has 0 saturated carbocycles. The summed E-state index contributed by atoms with van der Waals surface area (Å²) in [6, 6.07) is 0.